The molecule has 0 aromatic carbocycles. The molecule has 3 N–H and O–H groups in total. The Hall–Kier alpha value is -1.82. The molecule has 0 saturated carbocycles. The minimum Gasteiger partial charge on any atom is -0.453 e. The maximum atomic E-state index is 11.1. The zero-order valence-electron chi connectivity index (χ0n) is 10.4. The van der Waals surface area contributed by atoms with Gasteiger partial charge in [0.1, 0.15) is 0 Å². The van der Waals surface area contributed by atoms with E-state index in [0.717, 1.165) is 30.9 Å². The molecule has 6 nitrogen and oxygen atoms in total. The number of carbonyl (C=O) groups excluding carboxylic acids is 1. The van der Waals surface area contributed by atoms with Crippen molar-refractivity contribution in [1.82, 2.24) is 10.3 Å². The first-order chi connectivity index (χ1) is 8.72. The van der Waals surface area contributed by atoms with Crippen molar-refractivity contribution in [2.24, 2.45) is 5.73 Å². The largest absolute Gasteiger partial charge is 0.453 e. The van der Waals surface area contributed by atoms with Gasteiger partial charge in [0.15, 0.2) is 0 Å². The maximum absolute atomic E-state index is 11.1. The molecular formula is C12H18N4O2. The van der Waals surface area contributed by atoms with Gasteiger partial charge in [-0.15, -0.1) is 0 Å². The van der Waals surface area contributed by atoms with Gasteiger partial charge in [-0.1, -0.05) is 0 Å². The van der Waals surface area contributed by atoms with Crippen LogP contribution >= 0.6 is 0 Å². The number of hydrogen-bond acceptors (Lipinski definition) is 5. The number of nitrogens with two attached hydrogens (primary N) is 1. The standard InChI is InChI=1S/C12H18N4O2/c1-18-12(17)15-10-4-5-16(8-10)11-3-2-9(6-13)14-7-11/h2-3,7,10H,4-6,8,13H2,1H3,(H,15,17). The molecule has 0 spiro atoms. The number of carbonyl (C=O) groups is 1. The van der Waals surface area contributed by atoms with Crippen molar-refractivity contribution in [1.29, 1.82) is 0 Å². The number of ether oxygens (including phenoxy) is 1. The van der Waals surface area contributed by atoms with Crippen LogP contribution < -0.4 is 16.0 Å². The smallest absolute Gasteiger partial charge is 0.407 e. The van der Waals surface area contributed by atoms with Gasteiger partial charge in [0.25, 0.3) is 0 Å². The predicted octanol–water partition coefficient (Wildman–Crippen LogP) is 0.475. The number of amides is 1. The summed E-state index contributed by atoms with van der Waals surface area (Å²) in [7, 11) is 1.37. The highest BCUT2D eigenvalue weighted by Gasteiger charge is 2.24. The average Bonchev–Trinajstić information content (AvgIpc) is 2.87. The van der Waals surface area contributed by atoms with Gasteiger partial charge < -0.3 is 20.7 Å². The van der Waals surface area contributed by atoms with E-state index in [9.17, 15) is 4.79 Å². The number of pyridine rings is 1. The first-order valence-electron chi connectivity index (χ1n) is 5.97. The zero-order valence-corrected chi connectivity index (χ0v) is 10.4. The van der Waals surface area contributed by atoms with E-state index < -0.39 is 0 Å². The van der Waals surface area contributed by atoms with E-state index in [1.165, 1.54) is 7.11 Å². The van der Waals surface area contributed by atoms with Gasteiger partial charge >= 0.3 is 6.09 Å². The molecule has 0 aliphatic carbocycles. The Labute approximate surface area is 106 Å². The number of nitrogens with zero attached hydrogens (tertiary/aromatic N) is 2. The van der Waals surface area contributed by atoms with E-state index in [-0.39, 0.29) is 12.1 Å². The third-order valence-electron chi connectivity index (χ3n) is 3.08. The molecule has 1 aromatic rings. The summed E-state index contributed by atoms with van der Waals surface area (Å²) in [6, 6.07) is 4.07. The summed E-state index contributed by atoms with van der Waals surface area (Å²) in [5.41, 5.74) is 7.44. The van der Waals surface area contributed by atoms with Crippen LogP contribution in [-0.2, 0) is 11.3 Å². The first kappa shape index (κ1) is 12.6. The van der Waals surface area contributed by atoms with Crippen LogP contribution in [0.5, 0.6) is 0 Å². The summed E-state index contributed by atoms with van der Waals surface area (Å²) in [6.45, 7) is 2.13. The number of methoxy groups -OCH3 is 1. The molecule has 1 atom stereocenters. The van der Waals surface area contributed by atoms with Crippen LogP contribution in [0.4, 0.5) is 10.5 Å². The molecule has 2 heterocycles. The van der Waals surface area contributed by atoms with Gasteiger partial charge in [0.2, 0.25) is 0 Å². The van der Waals surface area contributed by atoms with Crippen LogP contribution in [-0.4, -0.2) is 37.3 Å². The Kier molecular flexibility index (Phi) is 3.99. The predicted molar refractivity (Wildman–Crippen MR) is 68.3 cm³/mol. The highest BCUT2D eigenvalue weighted by Crippen LogP contribution is 2.19. The highest BCUT2D eigenvalue weighted by molar-refractivity contribution is 5.67. The molecule has 2 rings (SSSR count). The molecule has 0 bridgehead atoms. The fraction of sp³-hybridized carbons (Fsp3) is 0.500. The maximum Gasteiger partial charge on any atom is 0.407 e. The molecule has 6 heteroatoms. The molecule has 1 unspecified atom stereocenters. The van der Waals surface area contributed by atoms with Gasteiger partial charge in [-0.25, -0.2) is 4.79 Å². The molecule has 1 aromatic heterocycles. The number of alkyl carbamates (subject to hydrolysis) is 1. The molecular weight excluding hydrogens is 232 g/mol. The van der Waals surface area contributed by atoms with Crippen molar-refractivity contribution < 1.29 is 9.53 Å². The highest BCUT2D eigenvalue weighted by atomic mass is 16.5. The Morgan fingerprint density at radius 3 is 3.11 bits per heavy atom. The second kappa shape index (κ2) is 5.68. The van der Waals surface area contributed by atoms with Crippen molar-refractivity contribution in [2.45, 2.75) is 19.0 Å². The third-order valence-corrected chi connectivity index (χ3v) is 3.08. The monoisotopic (exact) mass is 250 g/mol. The van der Waals surface area contributed by atoms with Crippen LogP contribution in [0.15, 0.2) is 18.3 Å². The first-order valence-corrected chi connectivity index (χ1v) is 5.97. The Morgan fingerprint density at radius 1 is 1.67 bits per heavy atom. The Morgan fingerprint density at radius 2 is 2.50 bits per heavy atom. The van der Waals surface area contributed by atoms with Crippen molar-refractivity contribution >= 4 is 11.8 Å². The molecule has 1 fully saturated rings. The fourth-order valence-electron chi connectivity index (χ4n) is 2.06. The summed E-state index contributed by atoms with van der Waals surface area (Å²) >= 11 is 0. The van der Waals surface area contributed by atoms with Gasteiger partial charge in [-0.2, -0.15) is 0 Å². The molecule has 1 aliphatic rings. The van der Waals surface area contributed by atoms with Crippen LogP contribution in [0.2, 0.25) is 0 Å². The molecule has 18 heavy (non-hydrogen) atoms. The van der Waals surface area contributed by atoms with Crippen molar-refractivity contribution in [3.63, 3.8) is 0 Å². The zero-order chi connectivity index (χ0) is 13.0. The lowest BCUT2D eigenvalue weighted by atomic mass is 10.3. The second-order valence-electron chi connectivity index (χ2n) is 4.28. The van der Waals surface area contributed by atoms with E-state index >= 15 is 0 Å². The third kappa shape index (κ3) is 2.89. The van der Waals surface area contributed by atoms with Gasteiger partial charge in [-0.3, -0.25) is 4.98 Å². The van der Waals surface area contributed by atoms with Gasteiger partial charge in [-0.05, 0) is 18.6 Å². The fourth-order valence-corrected chi connectivity index (χ4v) is 2.06. The van der Waals surface area contributed by atoms with Crippen LogP contribution in [0.1, 0.15) is 12.1 Å². The minimum atomic E-state index is -0.376. The topological polar surface area (TPSA) is 80.5 Å². The number of aromatic nitrogens is 1. The van der Waals surface area contributed by atoms with Crippen LogP contribution in [0, 0.1) is 0 Å². The van der Waals surface area contributed by atoms with E-state index in [1.54, 1.807) is 0 Å². The van der Waals surface area contributed by atoms with Crippen molar-refractivity contribution in [3.05, 3.63) is 24.0 Å². The molecule has 1 aliphatic heterocycles. The Balaban J connectivity index is 1.93. The quantitative estimate of drug-likeness (QED) is 0.815. The Bertz CT molecular complexity index is 407. The van der Waals surface area contributed by atoms with E-state index in [1.807, 2.05) is 18.3 Å². The summed E-state index contributed by atoms with van der Waals surface area (Å²) in [5, 5.41) is 2.81. The second-order valence-corrected chi connectivity index (χ2v) is 4.28. The van der Waals surface area contributed by atoms with E-state index in [4.69, 9.17) is 5.73 Å². The summed E-state index contributed by atoms with van der Waals surface area (Å²) in [4.78, 5) is 17.6. The van der Waals surface area contributed by atoms with Gasteiger partial charge in [0, 0.05) is 19.6 Å². The lowest BCUT2D eigenvalue weighted by molar-refractivity contribution is 0.167. The van der Waals surface area contributed by atoms with Gasteiger partial charge in [0.05, 0.1) is 30.7 Å². The lowest BCUT2D eigenvalue weighted by Crippen LogP contribution is -2.36. The van der Waals surface area contributed by atoms with E-state index in [0.29, 0.717) is 6.54 Å². The molecule has 1 saturated heterocycles. The molecule has 1 amide bonds. The van der Waals surface area contributed by atoms with Crippen LogP contribution in [0.3, 0.4) is 0 Å². The van der Waals surface area contributed by atoms with Crippen LogP contribution in [0.25, 0.3) is 0 Å². The SMILES string of the molecule is COC(=O)NC1CCN(c2ccc(CN)nc2)C1. The lowest BCUT2D eigenvalue weighted by Gasteiger charge is -2.18. The average molecular weight is 250 g/mol. The van der Waals surface area contributed by atoms with Crippen molar-refractivity contribution in [3.8, 4) is 0 Å². The number of hydrogen-bond donors (Lipinski definition) is 2. The summed E-state index contributed by atoms with van der Waals surface area (Å²) < 4.78 is 4.59. The summed E-state index contributed by atoms with van der Waals surface area (Å²) in [6.07, 6.45) is 2.36. The molecule has 98 valence electrons. The summed E-state index contributed by atoms with van der Waals surface area (Å²) in [5.74, 6) is 0. The van der Waals surface area contributed by atoms with E-state index in [2.05, 4.69) is 19.9 Å². The normalized spacial score (nSPS) is 18.8. The number of rotatable bonds is 3. The number of anilines is 1. The minimum absolute atomic E-state index is 0.131. The number of nitrogens with one attached hydrogen (secondary N) is 1. The van der Waals surface area contributed by atoms with Crippen molar-refractivity contribution in [2.75, 3.05) is 25.1 Å². The molecule has 0 radical (unpaired) electrons.